The summed E-state index contributed by atoms with van der Waals surface area (Å²) in [5.41, 5.74) is 2.27. The van der Waals surface area contributed by atoms with Gasteiger partial charge in [-0.1, -0.05) is 6.07 Å². The van der Waals surface area contributed by atoms with Crippen molar-refractivity contribution in [1.82, 2.24) is 5.32 Å². The first-order chi connectivity index (χ1) is 9.31. The summed E-state index contributed by atoms with van der Waals surface area (Å²) in [6, 6.07) is 6.05. The van der Waals surface area contributed by atoms with Crippen molar-refractivity contribution in [1.29, 1.82) is 0 Å². The summed E-state index contributed by atoms with van der Waals surface area (Å²) in [6.45, 7) is 2.07. The summed E-state index contributed by atoms with van der Waals surface area (Å²) in [4.78, 5) is 11.1. The fourth-order valence-electron chi connectivity index (χ4n) is 2.35. The van der Waals surface area contributed by atoms with Crippen LogP contribution in [0.4, 0.5) is 0 Å². The average Bonchev–Trinajstić information content (AvgIpc) is 2.84. The van der Waals surface area contributed by atoms with E-state index < -0.39 is 0 Å². The van der Waals surface area contributed by atoms with E-state index in [1.54, 1.807) is 6.08 Å². The molecule has 0 spiro atoms. The van der Waals surface area contributed by atoms with E-state index in [9.17, 15) is 4.79 Å². The van der Waals surface area contributed by atoms with Gasteiger partial charge >= 0.3 is 0 Å². The van der Waals surface area contributed by atoms with E-state index in [1.165, 1.54) is 5.56 Å². The molecule has 1 aliphatic heterocycles. The van der Waals surface area contributed by atoms with E-state index in [2.05, 4.69) is 11.4 Å². The lowest BCUT2D eigenvalue weighted by molar-refractivity contribution is -0.114. The molecule has 100 valence electrons. The molecule has 0 fully saturated rings. The molecule has 19 heavy (non-hydrogen) atoms. The molecule has 1 heterocycles. The van der Waals surface area contributed by atoms with Gasteiger partial charge in [-0.3, -0.25) is 4.79 Å². The minimum atomic E-state index is 0.224. The van der Waals surface area contributed by atoms with Crippen LogP contribution in [0, 0.1) is 0 Å². The van der Waals surface area contributed by atoms with Gasteiger partial charge in [0.2, 0.25) is 0 Å². The lowest BCUT2D eigenvalue weighted by Crippen LogP contribution is -2.17. The summed E-state index contributed by atoms with van der Waals surface area (Å²) in [5, 5.41) is 3.31. The molecular weight excluding hydrogens is 242 g/mol. The first kappa shape index (κ1) is 12.1. The Hall–Kier alpha value is -1.97. The Labute approximate surface area is 112 Å². The summed E-state index contributed by atoms with van der Waals surface area (Å²) in [7, 11) is 0. The first-order valence-corrected chi connectivity index (χ1v) is 6.67. The van der Waals surface area contributed by atoms with E-state index in [-0.39, 0.29) is 5.78 Å². The lowest BCUT2D eigenvalue weighted by atomic mass is 10.1. The highest BCUT2D eigenvalue weighted by Gasteiger charge is 2.13. The molecule has 3 rings (SSSR count). The number of hydrogen-bond acceptors (Lipinski definition) is 4. The van der Waals surface area contributed by atoms with Crippen LogP contribution in [-0.2, 0) is 11.2 Å². The first-order valence-electron chi connectivity index (χ1n) is 6.67. The van der Waals surface area contributed by atoms with E-state index in [1.807, 2.05) is 12.1 Å². The van der Waals surface area contributed by atoms with Gasteiger partial charge in [-0.05, 0) is 30.5 Å². The van der Waals surface area contributed by atoms with E-state index >= 15 is 0 Å². The highest BCUT2D eigenvalue weighted by atomic mass is 16.6. The number of allylic oxidation sites excluding steroid dienone is 2. The normalized spacial score (nSPS) is 17.3. The molecule has 0 saturated heterocycles. The Balaban J connectivity index is 1.55. The molecular formula is C15H17NO3. The summed E-state index contributed by atoms with van der Waals surface area (Å²) >= 11 is 0. The third kappa shape index (κ3) is 2.89. The molecule has 1 aliphatic carbocycles. The number of hydrogen-bond donors (Lipinski definition) is 1. The lowest BCUT2D eigenvalue weighted by Gasteiger charge is -2.19. The van der Waals surface area contributed by atoms with Gasteiger partial charge in [0.1, 0.15) is 13.2 Å². The van der Waals surface area contributed by atoms with E-state index in [0.29, 0.717) is 19.6 Å². The van der Waals surface area contributed by atoms with Crippen LogP contribution in [0.15, 0.2) is 30.0 Å². The number of benzene rings is 1. The van der Waals surface area contributed by atoms with Crippen molar-refractivity contribution in [3.8, 4) is 11.5 Å². The zero-order chi connectivity index (χ0) is 13.1. The minimum absolute atomic E-state index is 0.224. The number of ketones is 1. The second-order valence-corrected chi connectivity index (χ2v) is 4.79. The van der Waals surface area contributed by atoms with Crippen molar-refractivity contribution in [2.75, 3.05) is 19.8 Å². The van der Waals surface area contributed by atoms with Crippen LogP contribution >= 0.6 is 0 Å². The monoisotopic (exact) mass is 259 g/mol. The van der Waals surface area contributed by atoms with Crippen molar-refractivity contribution < 1.29 is 14.3 Å². The zero-order valence-electron chi connectivity index (χ0n) is 10.8. The molecule has 0 atom stereocenters. The van der Waals surface area contributed by atoms with Crippen LogP contribution in [0.25, 0.3) is 0 Å². The van der Waals surface area contributed by atoms with Gasteiger partial charge in [-0.25, -0.2) is 0 Å². The van der Waals surface area contributed by atoms with Gasteiger partial charge in [0.05, 0.1) is 0 Å². The minimum Gasteiger partial charge on any atom is -0.486 e. The zero-order valence-corrected chi connectivity index (χ0v) is 10.8. The van der Waals surface area contributed by atoms with Crippen molar-refractivity contribution in [2.45, 2.75) is 19.3 Å². The molecule has 0 radical (unpaired) electrons. The molecule has 0 unspecified atom stereocenters. The molecule has 2 aliphatic rings. The van der Waals surface area contributed by atoms with Crippen LogP contribution in [-0.4, -0.2) is 25.5 Å². The molecule has 1 N–H and O–H groups in total. The standard InChI is InChI=1S/C15H17NO3/c17-13-3-2-12(10-13)16-6-5-11-1-4-14-15(9-11)19-8-7-18-14/h1,4,9-10,16H,2-3,5-8H2. The topological polar surface area (TPSA) is 47.6 Å². The quantitative estimate of drug-likeness (QED) is 0.896. The van der Waals surface area contributed by atoms with Crippen molar-refractivity contribution >= 4 is 5.78 Å². The highest BCUT2D eigenvalue weighted by molar-refractivity contribution is 5.92. The number of carbonyl (C=O) groups excluding carboxylic acids is 1. The van der Waals surface area contributed by atoms with Crippen LogP contribution in [0.5, 0.6) is 11.5 Å². The van der Waals surface area contributed by atoms with Gasteiger partial charge in [0.15, 0.2) is 17.3 Å². The van der Waals surface area contributed by atoms with Gasteiger partial charge in [0, 0.05) is 24.7 Å². The Morgan fingerprint density at radius 1 is 1.11 bits per heavy atom. The van der Waals surface area contributed by atoms with Gasteiger partial charge < -0.3 is 14.8 Å². The second kappa shape index (κ2) is 5.34. The molecule has 0 amide bonds. The molecule has 4 heteroatoms. The smallest absolute Gasteiger partial charge is 0.161 e. The van der Waals surface area contributed by atoms with Crippen LogP contribution in [0.1, 0.15) is 18.4 Å². The predicted octanol–water partition coefficient (Wildman–Crippen LogP) is 1.84. The maximum atomic E-state index is 11.1. The number of rotatable bonds is 4. The molecule has 0 aromatic heterocycles. The highest BCUT2D eigenvalue weighted by Crippen LogP contribution is 2.30. The third-order valence-corrected chi connectivity index (χ3v) is 3.35. The molecule has 4 nitrogen and oxygen atoms in total. The summed E-state index contributed by atoms with van der Waals surface area (Å²) in [6.07, 6.45) is 4.11. The SMILES string of the molecule is O=C1C=C(NCCc2ccc3c(c2)OCCO3)CC1. The molecule has 0 saturated carbocycles. The number of ether oxygens (including phenoxy) is 2. The van der Waals surface area contributed by atoms with E-state index in [4.69, 9.17) is 9.47 Å². The van der Waals surface area contributed by atoms with Crippen LogP contribution in [0.2, 0.25) is 0 Å². The molecule has 1 aromatic carbocycles. The Bertz CT molecular complexity index is 522. The number of carbonyl (C=O) groups is 1. The summed E-state index contributed by atoms with van der Waals surface area (Å²) in [5.74, 6) is 1.88. The largest absolute Gasteiger partial charge is 0.486 e. The van der Waals surface area contributed by atoms with Gasteiger partial charge in [-0.15, -0.1) is 0 Å². The van der Waals surface area contributed by atoms with Gasteiger partial charge in [-0.2, -0.15) is 0 Å². The van der Waals surface area contributed by atoms with Crippen molar-refractivity contribution in [3.05, 3.63) is 35.5 Å². The van der Waals surface area contributed by atoms with Crippen LogP contribution < -0.4 is 14.8 Å². The maximum Gasteiger partial charge on any atom is 0.161 e. The van der Waals surface area contributed by atoms with Gasteiger partial charge in [0.25, 0.3) is 0 Å². The maximum absolute atomic E-state index is 11.1. The van der Waals surface area contributed by atoms with Crippen LogP contribution in [0.3, 0.4) is 0 Å². The predicted molar refractivity (Wildman–Crippen MR) is 71.5 cm³/mol. The fourth-order valence-corrected chi connectivity index (χ4v) is 2.35. The van der Waals surface area contributed by atoms with Crippen molar-refractivity contribution in [3.63, 3.8) is 0 Å². The Morgan fingerprint density at radius 2 is 1.95 bits per heavy atom. The average molecular weight is 259 g/mol. The number of nitrogens with one attached hydrogen (secondary N) is 1. The van der Waals surface area contributed by atoms with E-state index in [0.717, 1.165) is 36.6 Å². The molecule has 0 bridgehead atoms. The third-order valence-electron chi connectivity index (χ3n) is 3.35. The fraction of sp³-hybridized carbons (Fsp3) is 0.400. The Morgan fingerprint density at radius 3 is 2.74 bits per heavy atom. The molecule has 1 aromatic rings. The Kier molecular flexibility index (Phi) is 3.40. The van der Waals surface area contributed by atoms with Crippen molar-refractivity contribution in [2.24, 2.45) is 0 Å². The number of fused-ring (bicyclic) bond motifs is 1. The second-order valence-electron chi connectivity index (χ2n) is 4.79. The summed E-state index contributed by atoms with van der Waals surface area (Å²) < 4.78 is 11.0.